The van der Waals surface area contributed by atoms with Gasteiger partial charge in [-0.15, -0.1) is 0 Å². The molecule has 4 aromatic rings. The van der Waals surface area contributed by atoms with Crippen LogP contribution in [0.3, 0.4) is 0 Å². The number of methoxy groups -OCH3 is 1. The molecule has 0 fully saturated rings. The van der Waals surface area contributed by atoms with Crippen molar-refractivity contribution in [2.45, 2.75) is 32.8 Å². The average molecular weight is 646 g/mol. The molecule has 6 nitrogen and oxygen atoms in total. The molecular weight excluding hydrogens is 621 g/mol. The second-order valence-electron chi connectivity index (χ2n) is 7.96. The summed E-state index contributed by atoms with van der Waals surface area (Å²) in [5, 5.41) is 5.07. The standard InChI is InChI=1S/C27H25BrIN3O3/c1-3-4-10-25-31-23-12-11-20(28)15-21(23)27(33)32(25)30-16-19-13-22(29)26(24(14-19)34-2)35-17-18-8-6-5-7-9-18/h5-9,11-16H,3-4,10,17H2,1-2H3. The number of hydrogen-bond acceptors (Lipinski definition) is 5. The van der Waals surface area contributed by atoms with Gasteiger partial charge in [-0.05, 0) is 70.5 Å². The van der Waals surface area contributed by atoms with E-state index in [0.717, 1.165) is 32.0 Å². The number of hydrogen-bond donors (Lipinski definition) is 0. The fraction of sp³-hybridized carbons (Fsp3) is 0.222. The molecule has 0 unspecified atom stereocenters. The van der Waals surface area contributed by atoms with E-state index in [2.05, 4.69) is 50.5 Å². The van der Waals surface area contributed by atoms with E-state index in [-0.39, 0.29) is 5.56 Å². The summed E-state index contributed by atoms with van der Waals surface area (Å²) in [6, 6.07) is 19.3. The molecule has 8 heteroatoms. The van der Waals surface area contributed by atoms with Crippen molar-refractivity contribution in [2.75, 3.05) is 7.11 Å². The van der Waals surface area contributed by atoms with Gasteiger partial charge in [0, 0.05) is 10.9 Å². The molecule has 35 heavy (non-hydrogen) atoms. The number of aryl methyl sites for hydroxylation is 1. The van der Waals surface area contributed by atoms with Crippen molar-refractivity contribution in [1.29, 1.82) is 0 Å². The highest BCUT2D eigenvalue weighted by molar-refractivity contribution is 14.1. The normalized spacial score (nSPS) is 11.3. The van der Waals surface area contributed by atoms with Gasteiger partial charge in [0.05, 0.1) is 27.8 Å². The minimum absolute atomic E-state index is 0.192. The van der Waals surface area contributed by atoms with Gasteiger partial charge in [-0.25, -0.2) is 4.98 Å². The maximum absolute atomic E-state index is 13.3. The van der Waals surface area contributed by atoms with Crippen LogP contribution in [0.1, 0.15) is 36.7 Å². The van der Waals surface area contributed by atoms with Gasteiger partial charge in [0.25, 0.3) is 5.56 Å². The Bertz CT molecular complexity index is 1420. The molecule has 0 saturated heterocycles. The highest BCUT2D eigenvalue weighted by Crippen LogP contribution is 2.34. The fourth-order valence-corrected chi connectivity index (χ4v) is 4.76. The predicted molar refractivity (Wildman–Crippen MR) is 152 cm³/mol. The quantitative estimate of drug-likeness (QED) is 0.152. The third-order valence-corrected chi connectivity index (χ3v) is 6.72. The first-order valence-corrected chi connectivity index (χ1v) is 13.2. The molecule has 1 aromatic heterocycles. The van der Waals surface area contributed by atoms with E-state index < -0.39 is 0 Å². The molecule has 4 rings (SSSR count). The van der Waals surface area contributed by atoms with Crippen LogP contribution in [0.4, 0.5) is 0 Å². The monoisotopic (exact) mass is 645 g/mol. The predicted octanol–water partition coefficient (Wildman–Crippen LogP) is 6.58. The first kappa shape index (κ1) is 25.4. The number of ether oxygens (including phenoxy) is 2. The van der Waals surface area contributed by atoms with Crippen LogP contribution >= 0.6 is 38.5 Å². The number of halogens is 2. The fourth-order valence-electron chi connectivity index (χ4n) is 3.62. The van der Waals surface area contributed by atoms with Crippen LogP contribution in [0.2, 0.25) is 0 Å². The zero-order valence-electron chi connectivity index (χ0n) is 19.5. The summed E-state index contributed by atoms with van der Waals surface area (Å²) in [5.74, 6) is 1.92. The number of unbranched alkanes of at least 4 members (excludes halogenated alkanes) is 1. The van der Waals surface area contributed by atoms with Crippen molar-refractivity contribution in [1.82, 2.24) is 9.66 Å². The molecule has 0 N–H and O–H groups in total. The summed E-state index contributed by atoms with van der Waals surface area (Å²) in [6.07, 6.45) is 4.25. The van der Waals surface area contributed by atoms with Crippen LogP contribution < -0.4 is 15.0 Å². The van der Waals surface area contributed by atoms with Crippen LogP contribution in [-0.4, -0.2) is 23.0 Å². The summed E-state index contributed by atoms with van der Waals surface area (Å²) in [7, 11) is 1.61. The van der Waals surface area contributed by atoms with E-state index in [1.807, 2.05) is 54.6 Å². The zero-order chi connectivity index (χ0) is 24.8. The Morgan fingerprint density at radius 1 is 1.14 bits per heavy atom. The van der Waals surface area contributed by atoms with Gasteiger partial charge in [0.1, 0.15) is 12.4 Å². The third kappa shape index (κ3) is 6.10. The van der Waals surface area contributed by atoms with E-state index in [9.17, 15) is 4.79 Å². The summed E-state index contributed by atoms with van der Waals surface area (Å²) < 4.78 is 14.8. The highest BCUT2D eigenvalue weighted by atomic mass is 127. The number of nitrogens with zero attached hydrogens (tertiary/aromatic N) is 3. The zero-order valence-corrected chi connectivity index (χ0v) is 23.2. The lowest BCUT2D eigenvalue weighted by atomic mass is 10.2. The van der Waals surface area contributed by atoms with Gasteiger partial charge in [-0.2, -0.15) is 9.78 Å². The molecule has 0 radical (unpaired) electrons. The Morgan fingerprint density at radius 3 is 2.69 bits per heavy atom. The van der Waals surface area contributed by atoms with E-state index in [0.29, 0.717) is 41.3 Å². The summed E-state index contributed by atoms with van der Waals surface area (Å²) in [6.45, 7) is 2.55. The molecule has 180 valence electrons. The minimum Gasteiger partial charge on any atom is -0.493 e. The van der Waals surface area contributed by atoms with Gasteiger partial charge < -0.3 is 9.47 Å². The molecule has 0 aliphatic rings. The second kappa shape index (κ2) is 11.8. The molecule has 0 saturated carbocycles. The molecular formula is C27H25BrIN3O3. The van der Waals surface area contributed by atoms with Gasteiger partial charge in [0.15, 0.2) is 11.5 Å². The first-order valence-electron chi connectivity index (χ1n) is 11.3. The van der Waals surface area contributed by atoms with Crippen molar-refractivity contribution >= 4 is 55.6 Å². The Labute approximate surface area is 226 Å². The maximum Gasteiger partial charge on any atom is 0.282 e. The van der Waals surface area contributed by atoms with Gasteiger partial charge >= 0.3 is 0 Å². The SMILES string of the molecule is CCCCc1nc2ccc(Br)cc2c(=O)n1N=Cc1cc(I)c(OCc2ccccc2)c(OC)c1. The van der Waals surface area contributed by atoms with Crippen LogP contribution in [0.25, 0.3) is 10.9 Å². The van der Waals surface area contributed by atoms with E-state index in [1.54, 1.807) is 19.4 Å². The molecule has 0 aliphatic carbocycles. The number of fused-ring (bicyclic) bond motifs is 1. The van der Waals surface area contributed by atoms with Crippen molar-refractivity contribution in [3.05, 3.63) is 96.0 Å². The highest BCUT2D eigenvalue weighted by Gasteiger charge is 2.13. The van der Waals surface area contributed by atoms with E-state index in [4.69, 9.17) is 14.5 Å². The van der Waals surface area contributed by atoms with Gasteiger partial charge in [-0.3, -0.25) is 4.79 Å². The van der Waals surface area contributed by atoms with Crippen LogP contribution in [-0.2, 0) is 13.0 Å². The van der Waals surface area contributed by atoms with E-state index >= 15 is 0 Å². The maximum atomic E-state index is 13.3. The summed E-state index contributed by atoms with van der Waals surface area (Å²) in [5.41, 5.74) is 2.35. The van der Waals surface area contributed by atoms with Crippen molar-refractivity contribution in [2.24, 2.45) is 5.10 Å². The average Bonchev–Trinajstić information content (AvgIpc) is 2.87. The Balaban J connectivity index is 1.68. The lowest BCUT2D eigenvalue weighted by Crippen LogP contribution is -2.22. The lowest BCUT2D eigenvalue weighted by molar-refractivity contribution is 0.282. The largest absolute Gasteiger partial charge is 0.493 e. The second-order valence-corrected chi connectivity index (χ2v) is 10.0. The molecule has 0 bridgehead atoms. The van der Waals surface area contributed by atoms with Crippen LogP contribution in [0, 0.1) is 3.57 Å². The molecule has 0 amide bonds. The molecule has 1 heterocycles. The summed E-state index contributed by atoms with van der Waals surface area (Å²) >= 11 is 5.67. The van der Waals surface area contributed by atoms with Crippen molar-refractivity contribution in [3.63, 3.8) is 0 Å². The number of benzene rings is 3. The molecule has 0 aliphatic heterocycles. The van der Waals surface area contributed by atoms with E-state index in [1.165, 1.54) is 4.68 Å². The first-order chi connectivity index (χ1) is 17.0. The molecule has 0 spiro atoms. The number of rotatable bonds is 9. The van der Waals surface area contributed by atoms with Gasteiger partial charge in [0.2, 0.25) is 0 Å². The van der Waals surface area contributed by atoms with Gasteiger partial charge in [-0.1, -0.05) is 59.6 Å². The molecule has 0 atom stereocenters. The van der Waals surface area contributed by atoms with Crippen LogP contribution in [0.5, 0.6) is 11.5 Å². The number of aromatic nitrogens is 2. The Hall–Kier alpha value is -2.72. The lowest BCUT2D eigenvalue weighted by Gasteiger charge is -2.14. The van der Waals surface area contributed by atoms with Crippen molar-refractivity contribution < 1.29 is 9.47 Å². The van der Waals surface area contributed by atoms with Crippen LogP contribution in [0.15, 0.2) is 75.0 Å². The molecule has 3 aromatic carbocycles. The minimum atomic E-state index is -0.192. The van der Waals surface area contributed by atoms with Crippen molar-refractivity contribution in [3.8, 4) is 11.5 Å². The Kier molecular flexibility index (Phi) is 8.56. The smallest absolute Gasteiger partial charge is 0.282 e. The summed E-state index contributed by atoms with van der Waals surface area (Å²) in [4.78, 5) is 18.0. The third-order valence-electron chi connectivity index (χ3n) is 5.43. The Morgan fingerprint density at radius 2 is 1.94 bits per heavy atom. The topological polar surface area (TPSA) is 65.7 Å².